The molecular formula is C18H29NO4. The molecule has 0 spiro atoms. The molecule has 1 N–H and O–H groups in total. The number of hydrogen-bond acceptors (Lipinski definition) is 5. The molecule has 0 saturated heterocycles. The Morgan fingerprint density at radius 3 is 2.61 bits per heavy atom. The molecule has 2 rings (SSSR count). The van der Waals surface area contributed by atoms with E-state index in [-0.39, 0.29) is 24.0 Å². The number of aliphatic hydroxyl groups excluding tert-OH is 1. The molecule has 0 aromatic carbocycles. The predicted molar refractivity (Wildman–Crippen MR) is 88.8 cm³/mol. The van der Waals surface area contributed by atoms with Gasteiger partial charge in [0.25, 0.3) is 0 Å². The number of aromatic nitrogens is 1. The number of ether oxygens (including phenoxy) is 3. The highest BCUT2D eigenvalue weighted by Gasteiger charge is 2.31. The number of nitrogens with zero attached hydrogens (tertiary/aromatic N) is 1. The van der Waals surface area contributed by atoms with Crippen molar-refractivity contribution in [2.24, 2.45) is 11.3 Å². The molecule has 23 heavy (non-hydrogen) atoms. The largest absolute Gasteiger partial charge is 0.477 e. The highest BCUT2D eigenvalue weighted by Crippen LogP contribution is 2.29. The first-order valence-corrected chi connectivity index (χ1v) is 8.32. The Kier molecular flexibility index (Phi) is 6.25. The first-order chi connectivity index (χ1) is 10.9. The van der Waals surface area contributed by atoms with E-state index in [0.29, 0.717) is 24.5 Å². The smallest absolute Gasteiger partial charge is 0.216 e. The summed E-state index contributed by atoms with van der Waals surface area (Å²) in [5, 5.41) is 9.19. The van der Waals surface area contributed by atoms with E-state index in [0.717, 1.165) is 19.3 Å². The molecule has 0 amide bonds. The van der Waals surface area contributed by atoms with Crippen molar-refractivity contribution in [2.75, 3.05) is 20.3 Å². The van der Waals surface area contributed by atoms with Crippen molar-refractivity contribution >= 4 is 0 Å². The summed E-state index contributed by atoms with van der Waals surface area (Å²) in [6.45, 7) is 7.08. The topological polar surface area (TPSA) is 60.8 Å². The van der Waals surface area contributed by atoms with Crippen molar-refractivity contribution in [3.05, 3.63) is 18.2 Å². The monoisotopic (exact) mass is 323 g/mol. The number of methoxy groups -OCH3 is 1. The second kappa shape index (κ2) is 7.97. The summed E-state index contributed by atoms with van der Waals surface area (Å²) in [4.78, 5) is 4.41. The van der Waals surface area contributed by atoms with Crippen LogP contribution >= 0.6 is 0 Å². The van der Waals surface area contributed by atoms with Crippen molar-refractivity contribution in [1.29, 1.82) is 0 Å². The highest BCUT2D eigenvalue weighted by atomic mass is 16.5. The van der Waals surface area contributed by atoms with Gasteiger partial charge in [0.2, 0.25) is 11.8 Å². The van der Waals surface area contributed by atoms with Gasteiger partial charge < -0.3 is 19.3 Å². The lowest BCUT2D eigenvalue weighted by molar-refractivity contribution is -0.0398. The molecule has 5 nitrogen and oxygen atoms in total. The van der Waals surface area contributed by atoms with Gasteiger partial charge in [0.1, 0.15) is 6.10 Å². The van der Waals surface area contributed by atoms with Crippen LogP contribution in [0.5, 0.6) is 11.8 Å². The van der Waals surface area contributed by atoms with E-state index in [4.69, 9.17) is 14.2 Å². The molecule has 1 aliphatic carbocycles. The molecule has 0 aliphatic heterocycles. The molecule has 0 bridgehead atoms. The van der Waals surface area contributed by atoms with Crippen molar-refractivity contribution < 1.29 is 19.3 Å². The zero-order chi connectivity index (χ0) is 16.9. The number of rotatable bonds is 9. The van der Waals surface area contributed by atoms with Gasteiger partial charge in [-0.25, -0.2) is 0 Å². The van der Waals surface area contributed by atoms with Crippen molar-refractivity contribution in [1.82, 2.24) is 4.98 Å². The van der Waals surface area contributed by atoms with Crippen molar-refractivity contribution in [2.45, 2.75) is 52.2 Å². The third kappa shape index (κ3) is 5.66. The van der Waals surface area contributed by atoms with Crippen LogP contribution in [0.1, 0.15) is 40.0 Å². The van der Waals surface area contributed by atoms with Crippen LogP contribution in [0.15, 0.2) is 18.2 Å². The molecule has 0 radical (unpaired) electrons. The first kappa shape index (κ1) is 18.0. The highest BCUT2D eigenvalue weighted by molar-refractivity contribution is 5.20. The van der Waals surface area contributed by atoms with Crippen LogP contribution in [0.2, 0.25) is 0 Å². The van der Waals surface area contributed by atoms with Gasteiger partial charge in [-0.3, -0.25) is 0 Å². The molecule has 5 heteroatoms. The Labute approximate surface area is 139 Å². The maximum atomic E-state index is 9.19. The molecule has 1 heterocycles. The summed E-state index contributed by atoms with van der Waals surface area (Å²) in [7, 11) is 1.73. The molecule has 1 aromatic rings. The van der Waals surface area contributed by atoms with E-state index in [2.05, 4.69) is 18.8 Å². The molecular weight excluding hydrogens is 294 g/mol. The predicted octanol–water partition coefficient (Wildman–Crippen LogP) is 3.06. The van der Waals surface area contributed by atoms with Crippen LogP contribution in [0.4, 0.5) is 0 Å². The number of hydrogen-bond donors (Lipinski definition) is 1. The lowest BCUT2D eigenvalue weighted by Crippen LogP contribution is -2.39. The second-order valence-corrected chi connectivity index (χ2v) is 7.33. The standard InChI is InChI=1S/C18H29NO4/c1-13(11-20)10-18(2,3)12-22-16-6-5-7-17(19-16)23-15-8-14(9-15)21-4/h5-7,13-15,20H,8-12H2,1-4H3. The van der Waals surface area contributed by atoms with Crippen molar-refractivity contribution in [3.63, 3.8) is 0 Å². The van der Waals surface area contributed by atoms with Gasteiger partial charge in [-0.2, -0.15) is 4.98 Å². The normalized spacial score (nSPS) is 22.3. The van der Waals surface area contributed by atoms with Gasteiger partial charge in [0.05, 0.1) is 12.7 Å². The third-order valence-electron chi connectivity index (χ3n) is 4.19. The van der Waals surface area contributed by atoms with E-state index in [1.54, 1.807) is 7.11 Å². The maximum Gasteiger partial charge on any atom is 0.216 e. The Balaban J connectivity index is 1.83. The van der Waals surface area contributed by atoms with Gasteiger partial charge in [-0.1, -0.05) is 26.8 Å². The molecule has 1 saturated carbocycles. The minimum atomic E-state index is -0.0135. The summed E-state index contributed by atoms with van der Waals surface area (Å²) in [5.41, 5.74) is -0.0135. The van der Waals surface area contributed by atoms with Gasteiger partial charge in [0.15, 0.2) is 0 Å². The molecule has 1 fully saturated rings. The van der Waals surface area contributed by atoms with E-state index < -0.39 is 0 Å². The van der Waals surface area contributed by atoms with Gasteiger partial charge in [0, 0.05) is 38.7 Å². The van der Waals surface area contributed by atoms with Gasteiger partial charge in [-0.05, 0) is 17.8 Å². The average molecular weight is 323 g/mol. The minimum Gasteiger partial charge on any atom is -0.477 e. The zero-order valence-electron chi connectivity index (χ0n) is 14.6. The van der Waals surface area contributed by atoms with E-state index >= 15 is 0 Å². The summed E-state index contributed by atoms with van der Waals surface area (Å²) >= 11 is 0. The van der Waals surface area contributed by atoms with E-state index in [9.17, 15) is 5.11 Å². The lowest BCUT2D eigenvalue weighted by atomic mass is 9.84. The Bertz CT molecular complexity index is 486. The molecule has 1 unspecified atom stereocenters. The number of aliphatic hydroxyl groups is 1. The Morgan fingerprint density at radius 2 is 1.96 bits per heavy atom. The van der Waals surface area contributed by atoms with Crippen molar-refractivity contribution in [3.8, 4) is 11.8 Å². The van der Waals surface area contributed by atoms with Crippen LogP contribution in [-0.2, 0) is 4.74 Å². The Hall–Kier alpha value is -1.33. The second-order valence-electron chi connectivity index (χ2n) is 7.33. The van der Waals surface area contributed by atoms with Crippen LogP contribution in [0.3, 0.4) is 0 Å². The van der Waals surface area contributed by atoms with Crippen LogP contribution in [0, 0.1) is 11.3 Å². The summed E-state index contributed by atoms with van der Waals surface area (Å²) in [6.07, 6.45) is 3.23. The third-order valence-corrected chi connectivity index (χ3v) is 4.19. The molecule has 1 aromatic heterocycles. The molecule has 1 aliphatic rings. The van der Waals surface area contributed by atoms with E-state index in [1.807, 2.05) is 25.1 Å². The Morgan fingerprint density at radius 1 is 1.26 bits per heavy atom. The fraction of sp³-hybridized carbons (Fsp3) is 0.722. The summed E-state index contributed by atoms with van der Waals surface area (Å²) < 4.78 is 16.9. The lowest BCUT2D eigenvalue weighted by Gasteiger charge is -2.33. The summed E-state index contributed by atoms with van der Waals surface area (Å²) in [6, 6.07) is 5.59. The fourth-order valence-corrected chi connectivity index (χ4v) is 2.85. The minimum absolute atomic E-state index is 0.0135. The maximum absolute atomic E-state index is 9.19. The quantitative estimate of drug-likeness (QED) is 0.757. The van der Waals surface area contributed by atoms with Crippen LogP contribution in [0.25, 0.3) is 0 Å². The van der Waals surface area contributed by atoms with Crippen LogP contribution < -0.4 is 9.47 Å². The van der Waals surface area contributed by atoms with Gasteiger partial charge >= 0.3 is 0 Å². The number of pyridine rings is 1. The first-order valence-electron chi connectivity index (χ1n) is 8.32. The fourth-order valence-electron chi connectivity index (χ4n) is 2.85. The van der Waals surface area contributed by atoms with E-state index in [1.165, 1.54) is 0 Å². The average Bonchev–Trinajstić information content (AvgIpc) is 2.48. The SMILES string of the molecule is COC1CC(Oc2cccc(OCC(C)(C)CC(C)CO)n2)C1. The zero-order valence-corrected chi connectivity index (χ0v) is 14.6. The van der Waals surface area contributed by atoms with Gasteiger partial charge in [-0.15, -0.1) is 0 Å². The molecule has 130 valence electrons. The molecule has 1 atom stereocenters. The van der Waals surface area contributed by atoms with Crippen LogP contribution in [-0.4, -0.2) is 42.6 Å². The summed E-state index contributed by atoms with van der Waals surface area (Å²) in [5.74, 6) is 1.45.